The lowest BCUT2D eigenvalue weighted by Gasteiger charge is -2.02. The molecule has 0 radical (unpaired) electrons. The van der Waals surface area contributed by atoms with Crippen molar-refractivity contribution in [2.24, 2.45) is 0 Å². The SMILES string of the molecule is CCCn1cc(-c2cc(C(=O)O)ccc2F)cn1. The van der Waals surface area contributed by atoms with Gasteiger partial charge in [-0.05, 0) is 24.6 Å². The average molecular weight is 248 g/mol. The first-order valence-electron chi connectivity index (χ1n) is 5.67. The molecule has 5 heteroatoms. The van der Waals surface area contributed by atoms with Crippen LogP contribution in [-0.2, 0) is 6.54 Å². The highest BCUT2D eigenvalue weighted by molar-refractivity contribution is 5.89. The first-order valence-corrected chi connectivity index (χ1v) is 5.67. The second-order valence-corrected chi connectivity index (χ2v) is 3.99. The van der Waals surface area contributed by atoms with E-state index >= 15 is 0 Å². The number of carboxylic acids is 1. The van der Waals surface area contributed by atoms with Crippen molar-refractivity contribution in [3.8, 4) is 11.1 Å². The molecule has 0 aliphatic rings. The van der Waals surface area contributed by atoms with Gasteiger partial charge in [0, 0.05) is 23.9 Å². The second-order valence-electron chi connectivity index (χ2n) is 3.99. The summed E-state index contributed by atoms with van der Waals surface area (Å²) in [7, 11) is 0. The zero-order valence-electron chi connectivity index (χ0n) is 9.93. The van der Waals surface area contributed by atoms with E-state index in [0.29, 0.717) is 5.56 Å². The summed E-state index contributed by atoms with van der Waals surface area (Å²) in [6, 6.07) is 3.73. The van der Waals surface area contributed by atoms with Crippen molar-refractivity contribution < 1.29 is 14.3 Å². The highest BCUT2D eigenvalue weighted by Crippen LogP contribution is 2.23. The quantitative estimate of drug-likeness (QED) is 0.905. The first kappa shape index (κ1) is 12.3. The van der Waals surface area contributed by atoms with Gasteiger partial charge in [-0.1, -0.05) is 6.92 Å². The van der Waals surface area contributed by atoms with Gasteiger partial charge in [-0.25, -0.2) is 9.18 Å². The van der Waals surface area contributed by atoms with Crippen LogP contribution >= 0.6 is 0 Å². The molecule has 0 saturated heterocycles. The molecule has 2 rings (SSSR count). The predicted molar refractivity (Wildman–Crippen MR) is 64.9 cm³/mol. The molecule has 0 spiro atoms. The fraction of sp³-hybridized carbons (Fsp3) is 0.231. The molecule has 4 nitrogen and oxygen atoms in total. The zero-order chi connectivity index (χ0) is 13.1. The van der Waals surface area contributed by atoms with Crippen molar-refractivity contribution >= 4 is 5.97 Å². The summed E-state index contributed by atoms with van der Waals surface area (Å²) in [5.74, 6) is -1.52. The Kier molecular flexibility index (Phi) is 3.41. The summed E-state index contributed by atoms with van der Waals surface area (Å²) < 4.78 is 15.4. The molecule has 0 bridgehead atoms. The molecule has 2 aromatic rings. The molecule has 1 N–H and O–H groups in total. The number of rotatable bonds is 4. The van der Waals surface area contributed by atoms with Crippen LogP contribution in [0.4, 0.5) is 4.39 Å². The molecule has 1 aromatic heterocycles. The van der Waals surface area contributed by atoms with Crippen LogP contribution in [0, 0.1) is 5.82 Å². The number of carboxylic acid groups (broad SMARTS) is 1. The van der Waals surface area contributed by atoms with E-state index in [-0.39, 0.29) is 11.1 Å². The van der Waals surface area contributed by atoms with E-state index in [0.717, 1.165) is 19.0 Å². The Hall–Kier alpha value is -2.17. The van der Waals surface area contributed by atoms with Crippen LogP contribution in [0.5, 0.6) is 0 Å². The minimum absolute atomic E-state index is 0.0645. The van der Waals surface area contributed by atoms with Crippen molar-refractivity contribution in [1.82, 2.24) is 9.78 Å². The van der Waals surface area contributed by atoms with Gasteiger partial charge in [-0.15, -0.1) is 0 Å². The molecule has 0 unspecified atom stereocenters. The monoisotopic (exact) mass is 248 g/mol. The van der Waals surface area contributed by atoms with Crippen LogP contribution in [0.2, 0.25) is 0 Å². The number of hydrogen-bond acceptors (Lipinski definition) is 2. The number of nitrogens with zero attached hydrogens (tertiary/aromatic N) is 2. The number of benzene rings is 1. The number of hydrogen-bond donors (Lipinski definition) is 1. The largest absolute Gasteiger partial charge is 0.478 e. The maximum Gasteiger partial charge on any atom is 0.335 e. The summed E-state index contributed by atoms with van der Waals surface area (Å²) in [6.07, 6.45) is 4.19. The Morgan fingerprint density at radius 1 is 1.50 bits per heavy atom. The topological polar surface area (TPSA) is 55.1 Å². The van der Waals surface area contributed by atoms with Gasteiger partial charge in [-0.2, -0.15) is 5.10 Å². The third-order valence-corrected chi connectivity index (χ3v) is 2.61. The molecule has 1 heterocycles. The van der Waals surface area contributed by atoms with E-state index in [4.69, 9.17) is 5.11 Å². The molecule has 0 aliphatic heterocycles. The molecule has 0 amide bonds. The highest BCUT2D eigenvalue weighted by Gasteiger charge is 2.11. The summed E-state index contributed by atoms with van der Waals surface area (Å²) >= 11 is 0. The molecular formula is C13H13FN2O2. The third-order valence-electron chi connectivity index (χ3n) is 2.61. The molecule has 0 fully saturated rings. The molecule has 0 aliphatic carbocycles. The van der Waals surface area contributed by atoms with E-state index < -0.39 is 11.8 Å². The zero-order valence-corrected chi connectivity index (χ0v) is 9.93. The maximum atomic E-state index is 13.7. The van der Waals surface area contributed by atoms with Crippen LogP contribution in [-0.4, -0.2) is 20.9 Å². The smallest absolute Gasteiger partial charge is 0.335 e. The minimum Gasteiger partial charge on any atom is -0.478 e. The van der Waals surface area contributed by atoms with Gasteiger partial charge < -0.3 is 5.11 Å². The molecule has 0 atom stereocenters. The average Bonchev–Trinajstić information content (AvgIpc) is 2.78. The summed E-state index contributed by atoms with van der Waals surface area (Å²) in [6.45, 7) is 2.77. The summed E-state index contributed by atoms with van der Waals surface area (Å²) in [5.41, 5.74) is 0.913. The predicted octanol–water partition coefficient (Wildman–Crippen LogP) is 2.80. The third kappa shape index (κ3) is 2.40. The van der Waals surface area contributed by atoms with Crippen LogP contribution in [0.1, 0.15) is 23.7 Å². The van der Waals surface area contributed by atoms with E-state index in [1.807, 2.05) is 6.92 Å². The number of aromatic carboxylic acids is 1. The number of halogens is 1. The van der Waals surface area contributed by atoms with Crippen LogP contribution < -0.4 is 0 Å². The van der Waals surface area contributed by atoms with Gasteiger partial charge in [0.1, 0.15) is 5.82 Å². The van der Waals surface area contributed by atoms with Crippen LogP contribution in [0.25, 0.3) is 11.1 Å². The molecule has 18 heavy (non-hydrogen) atoms. The first-order chi connectivity index (χ1) is 8.61. The van der Waals surface area contributed by atoms with Crippen LogP contribution in [0.3, 0.4) is 0 Å². The van der Waals surface area contributed by atoms with Gasteiger partial charge in [0.2, 0.25) is 0 Å². The molecule has 0 saturated carbocycles. The lowest BCUT2D eigenvalue weighted by molar-refractivity contribution is 0.0697. The maximum absolute atomic E-state index is 13.7. The minimum atomic E-state index is -1.07. The van der Waals surface area contributed by atoms with Crippen molar-refractivity contribution in [1.29, 1.82) is 0 Å². The number of aromatic nitrogens is 2. The van der Waals surface area contributed by atoms with Gasteiger partial charge in [0.15, 0.2) is 0 Å². The Morgan fingerprint density at radius 3 is 2.94 bits per heavy atom. The summed E-state index contributed by atoms with van der Waals surface area (Å²) in [4.78, 5) is 10.9. The van der Waals surface area contributed by atoms with Gasteiger partial charge in [0.05, 0.1) is 11.8 Å². The van der Waals surface area contributed by atoms with E-state index in [1.54, 1.807) is 17.1 Å². The van der Waals surface area contributed by atoms with Crippen molar-refractivity contribution in [3.63, 3.8) is 0 Å². The van der Waals surface area contributed by atoms with Gasteiger partial charge in [0.25, 0.3) is 0 Å². The Labute approximate surface area is 104 Å². The Bertz CT molecular complexity index is 578. The normalized spacial score (nSPS) is 10.6. The van der Waals surface area contributed by atoms with Crippen molar-refractivity contribution in [2.75, 3.05) is 0 Å². The fourth-order valence-corrected chi connectivity index (χ4v) is 1.73. The molecule has 94 valence electrons. The van der Waals surface area contributed by atoms with Crippen molar-refractivity contribution in [3.05, 3.63) is 42.0 Å². The fourth-order valence-electron chi connectivity index (χ4n) is 1.73. The second kappa shape index (κ2) is 5.00. The Morgan fingerprint density at radius 2 is 2.28 bits per heavy atom. The molecular weight excluding hydrogens is 235 g/mol. The Balaban J connectivity index is 2.41. The van der Waals surface area contributed by atoms with Crippen molar-refractivity contribution in [2.45, 2.75) is 19.9 Å². The lowest BCUT2D eigenvalue weighted by Crippen LogP contribution is -1.97. The number of carbonyl (C=O) groups is 1. The van der Waals surface area contributed by atoms with Crippen LogP contribution in [0.15, 0.2) is 30.6 Å². The van der Waals surface area contributed by atoms with Gasteiger partial charge in [-0.3, -0.25) is 4.68 Å². The standard InChI is InChI=1S/C13H13FN2O2/c1-2-5-16-8-10(7-15-16)11-6-9(13(17)18)3-4-12(11)14/h3-4,6-8H,2,5H2,1H3,(H,17,18). The lowest BCUT2D eigenvalue weighted by atomic mass is 10.1. The van der Waals surface area contributed by atoms with E-state index in [2.05, 4.69) is 5.10 Å². The summed E-state index contributed by atoms with van der Waals surface area (Å²) in [5, 5.41) is 13.0. The van der Waals surface area contributed by atoms with E-state index in [1.165, 1.54) is 12.1 Å². The van der Waals surface area contributed by atoms with E-state index in [9.17, 15) is 9.18 Å². The number of aryl methyl sites for hydroxylation is 1. The highest BCUT2D eigenvalue weighted by atomic mass is 19.1. The van der Waals surface area contributed by atoms with Gasteiger partial charge >= 0.3 is 5.97 Å². The molecule has 1 aromatic carbocycles.